The van der Waals surface area contributed by atoms with E-state index in [9.17, 15) is 14.4 Å². The Bertz CT molecular complexity index is 604. The van der Waals surface area contributed by atoms with Gasteiger partial charge in [-0.15, -0.1) is 23.2 Å². The van der Waals surface area contributed by atoms with Crippen LogP contribution in [-0.2, 0) is 20.8 Å². The molecule has 144 valence electrons. The van der Waals surface area contributed by atoms with Crippen molar-refractivity contribution in [2.45, 2.75) is 25.3 Å². The molecule has 0 aliphatic heterocycles. The Balaban J connectivity index is 2.65. The molecule has 26 heavy (non-hydrogen) atoms. The van der Waals surface area contributed by atoms with Crippen LogP contribution in [0.4, 0.5) is 5.69 Å². The molecule has 0 saturated heterocycles. The monoisotopic (exact) mass is 404 g/mol. The molecule has 9 heteroatoms. The second-order valence-corrected chi connectivity index (χ2v) is 6.35. The molecular weight excluding hydrogens is 383 g/mol. The number of amides is 1. The molecule has 0 bridgehead atoms. The first kappa shape index (κ1) is 22.1. The fraction of sp³-hybridized carbons (Fsp3) is 0.471. The average Bonchev–Trinajstić information content (AvgIpc) is 2.58. The van der Waals surface area contributed by atoms with Gasteiger partial charge in [-0.1, -0.05) is 12.1 Å². The molecule has 0 radical (unpaired) electrons. The minimum absolute atomic E-state index is 0.00213. The van der Waals surface area contributed by atoms with Crippen molar-refractivity contribution in [3.63, 3.8) is 0 Å². The highest BCUT2D eigenvalue weighted by atomic mass is 35.5. The van der Waals surface area contributed by atoms with Crippen LogP contribution < -0.4 is 10.2 Å². The molecular formula is C17H22Cl2N2O5. The van der Waals surface area contributed by atoms with Gasteiger partial charge in [-0.3, -0.25) is 9.59 Å². The van der Waals surface area contributed by atoms with E-state index in [1.54, 1.807) is 12.1 Å². The smallest absolute Gasteiger partial charge is 0.326 e. The lowest BCUT2D eigenvalue weighted by atomic mass is 10.1. The Morgan fingerprint density at radius 1 is 1.04 bits per heavy atom. The highest BCUT2D eigenvalue weighted by Crippen LogP contribution is 2.16. The molecule has 1 atom stereocenters. The van der Waals surface area contributed by atoms with E-state index in [1.165, 1.54) is 0 Å². The predicted octanol–water partition coefficient (Wildman–Crippen LogP) is 1.95. The molecule has 1 aromatic carbocycles. The molecule has 0 unspecified atom stereocenters. The minimum Gasteiger partial charge on any atom is -0.481 e. The summed E-state index contributed by atoms with van der Waals surface area (Å²) in [5.41, 5.74) is 1.64. The Labute approximate surface area is 161 Å². The van der Waals surface area contributed by atoms with Crippen LogP contribution in [0.25, 0.3) is 0 Å². The maximum Gasteiger partial charge on any atom is 0.326 e. The van der Waals surface area contributed by atoms with Gasteiger partial charge >= 0.3 is 11.9 Å². The number of anilines is 1. The van der Waals surface area contributed by atoms with Crippen LogP contribution in [0.15, 0.2) is 24.3 Å². The summed E-state index contributed by atoms with van der Waals surface area (Å²) >= 11 is 11.6. The molecule has 1 rings (SSSR count). The number of carbonyl (C=O) groups excluding carboxylic acids is 1. The number of alkyl halides is 2. The number of halogens is 2. The number of carbonyl (C=O) groups is 3. The van der Waals surface area contributed by atoms with Crippen LogP contribution >= 0.6 is 23.2 Å². The largest absolute Gasteiger partial charge is 0.481 e. The van der Waals surface area contributed by atoms with Crippen molar-refractivity contribution in [2.24, 2.45) is 0 Å². The first-order chi connectivity index (χ1) is 12.4. The number of benzene rings is 1. The number of carboxylic acid groups (broad SMARTS) is 2. The van der Waals surface area contributed by atoms with Gasteiger partial charge in [-0.2, -0.15) is 0 Å². The van der Waals surface area contributed by atoms with Gasteiger partial charge in [0.15, 0.2) is 0 Å². The van der Waals surface area contributed by atoms with Crippen molar-refractivity contribution in [2.75, 3.05) is 29.7 Å². The molecule has 0 spiro atoms. The zero-order chi connectivity index (χ0) is 19.5. The maximum absolute atomic E-state index is 12.0. The van der Waals surface area contributed by atoms with E-state index in [-0.39, 0.29) is 19.3 Å². The second kappa shape index (κ2) is 11.6. The molecule has 3 N–H and O–H groups in total. The molecule has 0 aliphatic rings. The Morgan fingerprint density at radius 2 is 1.62 bits per heavy atom. The Morgan fingerprint density at radius 3 is 2.08 bits per heavy atom. The van der Waals surface area contributed by atoms with Gasteiger partial charge in [0.25, 0.3) is 0 Å². The summed E-state index contributed by atoms with van der Waals surface area (Å²) in [6, 6.07) is 6.02. The molecule has 0 aliphatic carbocycles. The number of nitrogens with zero attached hydrogens (tertiary/aromatic N) is 1. The molecule has 0 fully saturated rings. The fourth-order valence-corrected chi connectivity index (χ4v) is 2.76. The lowest BCUT2D eigenvalue weighted by molar-refractivity contribution is -0.143. The number of rotatable bonds is 12. The van der Waals surface area contributed by atoms with Gasteiger partial charge in [0, 0.05) is 37.0 Å². The number of hydrogen-bond donors (Lipinski definition) is 3. The van der Waals surface area contributed by atoms with Crippen molar-refractivity contribution < 1.29 is 24.6 Å². The zero-order valence-corrected chi connectivity index (χ0v) is 15.7. The summed E-state index contributed by atoms with van der Waals surface area (Å²) in [5, 5.41) is 20.1. The van der Waals surface area contributed by atoms with E-state index in [2.05, 4.69) is 5.32 Å². The quantitative estimate of drug-likeness (QED) is 0.459. The minimum atomic E-state index is -1.26. The first-order valence-electron chi connectivity index (χ1n) is 8.07. The van der Waals surface area contributed by atoms with Gasteiger partial charge in [0.2, 0.25) is 5.91 Å². The summed E-state index contributed by atoms with van der Waals surface area (Å²) in [7, 11) is 0. The van der Waals surface area contributed by atoms with Gasteiger partial charge in [0.05, 0.1) is 6.42 Å². The summed E-state index contributed by atoms with van der Waals surface area (Å²) < 4.78 is 0. The van der Waals surface area contributed by atoms with Crippen LogP contribution in [0, 0.1) is 0 Å². The standard InChI is InChI=1S/C17H22Cl2N2O5/c18-7-9-21(10-8-19)13-3-1-12(2-4-13)11-15(22)20-14(17(25)26)5-6-16(23)24/h1-4,14H,5-11H2,(H,20,22)(H,23,24)(H,25,26)/t14-/m0/s1. The van der Waals surface area contributed by atoms with Crippen molar-refractivity contribution in [3.8, 4) is 0 Å². The third kappa shape index (κ3) is 7.93. The third-order valence-corrected chi connectivity index (χ3v) is 3.99. The third-order valence-electron chi connectivity index (χ3n) is 3.66. The zero-order valence-electron chi connectivity index (χ0n) is 14.2. The first-order valence-corrected chi connectivity index (χ1v) is 9.14. The van der Waals surface area contributed by atoms with Crippen molar-refractivity contribution in [3.05, 3.63) is 29.8 Å². The second-order valence-electron chi connectivity index (χ2n) is 5.60. The lowest BCUT2D eigenvalue weighted by Gasteiger charge is -2.23. The van der Waals surface area contributed by atoms with Crippen LogP contribution in [0.1, 0.15) is 18.4 Å². The Hall–Kier alpha value is -1.99. The summed E-state index contributed by atoms with van der Waals surface area (Å²) in [6.45, 7) is 1.30. The number of aliphatic carboxylic acids is 2. The van der Waals surface area contributed by atoms with Crippen LogP contribution in [-0.4, -0.2) is 59.0 Å². The lowest BCUT2D eigenvalue weighted by Crippen LogP contribution is -2.41. The SMILES string of the molecule is O=C(O)CC[C@H](NC(=O)Cc1ccc(N(CCCl)CCCl)cc1)C(=O)O. The molecule has 7 nitrogen and oxygen atoms in total. The van der Waals surface area contributed by atoms with Gasteiger partial charge < -0.3 is 20.4 Å². The molecule has 1 aromatic rings. The van der Waals surface area contributed by atoms with E-state index < -0.39 is 23.9 Å². The van der Waals surface area contributed by atoms with Crippen molar-refractivity contribution in [1.29, 1.82) is 0 Å². The fourth-order valence-electron chi connectivity index (χ4n) is 2.35. The molecule has 0 aromatic heterocycles. The van der Waals surface area contributed by atoms with Gasteiger partial charge in [-0.25, -0.2) is 4.79 Å². The number of nitrogens with one attached hydrogen (secondary N) is 1. The number of hydrogen-bond acceptors (Lipinski definition) is 4. The van der Waals surface area contributed by atoms with Crippen LogP contribution in [0.3, 0.4) is 0 Å². The Kier molecular flexibility index (Phi) is 9.83. The molecule has 0 heterocycles. The molecule has 1 amide bonds. The van der Waals surface area contributed by atoms with Gasteiger partial charge in [0.1, 0.15) is 6.04 Å². The van der Waals surface area contributed by atoms with E-state index in [4.69, 9.17) is 33.4 Å². The predicted molar refractivity (Wildman–Crippen MR) is 100 cm³/mol. The van der Waals surface area contributed by atoms with E-state index in [0.29, 0.717) is 30.4 Å². The molecule has 0 saturated carbocycles. The van der Waals surface area contributed by atoms with Crippen LogP contribution in [0.5, 0.6) is 0 Å². The summed E-state index contributed by atoms with van der Waals surface area (Å²) in [5.74, 6) is -1.91. The highest BCUT2D eigenvalue weighted by Gasteiger charge is 2.21. The maximum atomic E-state index is 12.0. The van der Waals surface area contributed by atoms with Crippen LogP contribution in [0.2, 0.25) is 0 Å². The average molecular weight is 405 g/mol. The van der Waals surface area contributed by atoms with Gasteiger partial charge in [-0.05, 0) is 24.1 Å². The van der Waals surface area contributed by atoms with E-state index >= 15 is 0 Å². The summed E-state index contributed by atoms with van der Waals surface area (Å²) in [6.07, 6.45) is -0.494. The van der Waals surface area contributed by atoms with Crippen molar-refractivity contribution >= 4 is 46.7 Å². The van der Waals surface area contributed by atoms with E-state index in [0.717, 1.165) is 5.69 Å². The normalized spacial score (nSPS) is 11.6. The highest BCUT2D eigenvalue weighted by molar-refractivity contribution is 6.18. The summed E-state index contributed by atoms with van der Waals surface area (Å²) in [4.78, 5) is 35.7. The number of carboxylic acids is 2. The van der Waals surface area contributed by atoms with Crippen molar-refractivity contribution in [1.82, 2.24) is 5.32 Å². The topological polar surface area (TPSA) is 107 Å². The van der Waals surface area contributed by atoms with E-state index in [1.807, 2.05) is 17.0 Å².